The molecule has 0 bridgehead atoms. The Morgan fingerprint density at radius 3 is 2.95 bits per heavy atom. The molecule has 2 aromatic rings. The second-order valence-electron chi connectivity index (χ2n) is 4.02. The molecule has 0 radical (unpaired) electrons. The maximum Gasteiger partial charge on any atom is 0.324 e. The largest absolute Gasteiger partial charge is 0.324 e. The third-order valence-electron chi connectivity index (χ3n) is 2.66. The van der Waals surface area contributed by atoms with Crippen molar-refractivity contribution in [2.75, 3.05) is 10.6 Å². The smallest absolute Gasteiger partial charge is 0.307 e. The number of rotatable bonds is 3. The highest BCUT2D eigenvalue weighted by atomic mass is 35.5. The Labute approximate surface area is 115 Å². The van der Waals surface area contributed by atoms with Crippen LogP contribution in [0.25, 0.3) is 0 Å². The van der Waals surface area contributed by atoms with Crippen LogP contribution < -0.4 is 10.6 Å². The normalized spacial score (nSPS) is 10.3. The van der Waals surface area contributed by atoms with E-state index in [0.29, 0.717) is 16.7 Å². The van der Waals surface area contributed by atoms with Gasteiger partial charge < -0.3 is 5.32 Å². The highest BCUT2D eigenvalue weighted by Crippen LogP contribution is 2.18. The van der Waals surface area contributed by atoms with Crippen LogP contribution in [0.1, 0.15) is 18.1 Å². The Morgan fingerprint density at radius 2 is 2.21 bits per heavy atom. The summed E-state index contributed by atoms with van der Waals surface area (Å²) in [6.07, 6.45) is 4.07. The van der Waals surface area contributed by atoms with Crippen LogP contribution in [0.4, 0.5) is 16.3 Å². The quantitative estimate of drug-likeness (QED) is 0.755. The van der Waals surface area contributed by atoms with Crippen molar-refractivity contribution < 1.29 is 4.79 Å². The lowest BCUT2D eigenvalue weighted by atomic mass is 10.2. The van der Waals surface area contributed by atoms with Gasteiger partial charge in [0.15, 0.2) is 0 Å². The minimum absolute atomic E-state index is 0.330. The molecule has 0 fully saturated rings. The molecule has 7 heteroatoms. The minimum Gasteiger partial charge on any atom is -0.307 e. The fourth-order valence-electron chi connectivity index (χ4n) is 1.59. The van der Waals surface area contributed by atoms with E-state index in [1.807, 2.05) is 13.8 Å². The molecule has 0 aliphatic rings. The van der Waals surface area contributed by atoms with Crippen molar-refractivity contribution in [2.24, 2.45) is 0 Å². The van der Waals surface area contributed by atoms with Gasteiger partial charge in [-0.15, -0.1) is 0 Å². The van der Waals surface area contributed by atoms with E-state index in [-0.39, 0.29) is 6.03 Å². The molecule has 0 aromatic carbocycles. The predicted octanol–water partition coefficient (Wildman–Crippen LogP) is 2.97. The van der Waals surface area contributed by atoms with E-state index < -0.39 is 0 Å². The maximum atomic E-state index is 11.9. The standard InChI is InChI=1S/C12H14ClN5O/c1-3-8-6-15-18-11(8)17-12(19)16-9-4-10(13)14-5-7(9)2/h4-6H,3H2,1-2H3,(H3,14,15,16,17,18,19). The molecule has 3 N–H and O–H groups in total. The summed E-state index contributed by atoms with van der Waals surface area (Å²) in [5.74, 6) is 0.595. The molecule has 2 aromatic heterocycles. The molecular formula is C12H14ClN5O. The Morgan fingerprint density at radius 1 is 1.42 bits per heavy atom. The summed E-state index contributed by atoms with van der Waals surface area (Å²) < 4.78 is 0. The zero-order chi connectivity index (χ0) is 13.8. The van der Waals surface area contributed by atoms with Crippen LogP contribution in [0.15, 0.2) is 18.5 Å². The lowest BCUT2D eigenvalue weighted by Crippen LogP contribution is -2.21. The number of pyridine rings is 1. The molecule has 0 spiro atoms. The molecule has 2 heterocycles. The molecule has 6 nitrogen and oxygen atoms in total. The number of hydrogen-bond donors (Lipinski definition) is 3. The van der Waals surface area contributed by atoms with E-state index in [9.17, 15) is 4.79 Å². The number of carbonyl (C=O) groups is 1. The van der Waals surface area contributed by atoms with Crippen molar-refractivity contribution in [3.05, 3.63) is 34.7 Å². The van der Waals surface area contributed by atoms with E-state index in [4.69, 9.17) is 11.6 Å². The zero-order valence-electron chi connectivity index (χ0n) is 10.6. The molecule has 19 heavy (non-hydrogen) atoms. The molecule has 0 atom stereocenters. The van der Waals surface area contributed by atoms with Crippen molar-refractivity contribution in [3.8, 4) is 0 Å². The average Bonchev–Trinajstić information content (AvgIpc) is 2.81. The van der Waals surface area contributed by atoms with E-state index in [1.54, 1.807) is 18.5 Å². The lowest BCUT2D eigenvalue weighted by molar-refractivity contribution is 0.262. The molecule has 2 rings (SSSR count). The van der Waals surface area contributed by atoms with Crippen LogP contribution in [0.5, 0.6) is 0 Å². The van der Waals surface area contributed by atoms with Crippen molar-refractivity contribution in [1.82, 2.24) is 15.2 Å². The fraction of sp³-hybridized carbons (Fsp3) is 0.250. The summed E-state index contributed by atoms with van der Waals surface area (Å²) in [5, 5.41) is 12.4. The highest BCUT2D eigenvalue weighted by Gasteiger charge is 2.09. The third kappa shape index (κ3) is 3.23. The van der Waals surface area contributed by atoms with Gasteiger partial charge in [-0.25, -0.2) is 9.78 Å². The Kier molecular flexibility index (Phi) is 4.01. The number of aromatic amines is 1. The Balaban J connectivity index is 2.07. The summed E-state index contributed by atoms with van der Waals surface area (Å²) in [6, 6.07) is 1.24. The SMILES string of the molecule is CCc1cn[nH]c1NC(=O)Nc1cc(Cl)ncc1C. The van der Waals surface area contributed by atoms with E-state index in [0.717, 1.165) is 17.5 Å². The van der Waals surface area contributed by atoms with E-state index in [1.165, 1.54) is 0 Å². The molecular weight excluding hydrogens is 266 g/mol. The number of aryl methyl sites for hydroxylation is 2. The Bertz CT molecular complexity index is 596. The monoisotopic (exact) mass is 279 g/mol. The van der Waals surface area contributed by atoms with Crippen LogP contribution in [0, 0.1) is 6.92 Å². The first-order valence-corrected chi connectivity index (χ1v) is 6.20. The van der Waals surface area contributed by atoms with Crippen LogP contribution in [0.2, 0.25) is 5.15 Å². The third-order valence-corrected chi connectivity index (χ3v) is 2.86. The van der Waals surface area contributed by atoms with E-state index >= 15 is 0 Å². The predicted molar refractivity (Wildman–Crippen MR) is 74.6 cm³/mol. The Hall–Kier alpha value is -2.08. The summed E-state index contributed by atoms with van der Waals surface area (Å²) in [4.78, 5) is 15.8. The van der Waals surface area contributed by atoms with Crippen molar-refractivity contribution >= 4 is 29.1 Å². The fourth-order valence-corrected chi connectivity index (χ4v) is 1.75. The number of H-pyrrole nitrogens is 1. The molecule has 0 aliphatic heterocycles. The first-order valence-electron chi connectivity index (χ1n) is 5.82. The van der Waals surface area contributed by atoms with Gasteiger partial charge in [-0.3, -0.25) is 10.4 Å². The topological polar surface area (TPSA) is 82.7 Å². The number of anilines is 2. The summed E-state index contributed by atoms with van der Waals surface area (Å²) in [6.45, 7) is 3.83. The van der Waals surface area contributed by atoms with Crippen LogP contribution in [-0.2, 0) is 6.42 Å². The van der Waals surface area contributed by atoms with Gasteiger partial charge in [-0.05, 0) is 25.0 Å². The van der Waals surface area contributed by atoms with E-state index in [2.05, 4.69) is 25.8 Å². The van der Waals surface area contributed by atoms with Crippen LogP contribution in [-0.4, -0.2) is 21.2 Å². The maximum absolute atomic E-state index is 11.9. The second-order valence-corrected chi connectivity index (χ2v) is 4.41. The van der Waals surface area contributed by atoms with Gasteiger partial charge >= 0.3 is 6.03 Å². The molecule has 2 amide bonds. The second kappa shape index (κ2) is 5.71. The van der Waals surface area contributed by atoms with Gasteiger partial charge in [-0.2, -0.15) is 5.10 Å². The van der Waals surface area contributed by atoms with Gasteiger partial charge in [0, 0.05) is 17.4 Å². The molecule has 100 valence electrons. The van der Waals surface area contributed by atoms with Gasteiger partial charge in [0.05, 0.1) is 6.20 Å². The highest BCUT2D eigenvalue weighted by molar-refractivity contribution is 6.29. The van der Waals surface area contributed by atoms with Gasteiger partial charge in [0.25, 0.3) is 0 Å². The van der Waals surface area contributed by atoms with Crippen LogP contribution >= 0.6 is 11.6 Å². The minimum atomic E-state index is -0.357. The number of aromatic nitrogens is 3. The first kappa shape index (κ1) is 13.4. The number of nitrogens with zero attached hydrogens (tertiary/aromatic N) is 2. The average molecular weight is 280 g/mol. The number of nitrogens with one attached hydrogen (secondary N) is 3. The zero-order valence-corrected chi connectivity index (χ0v) is 11.4. The number of carbonyl (C=O) groups excluding carboxylic acids is 1. The molecule has 0 saturated carbocycles. The molecule has 0 aliphatic carbocycles. The molecule has 0 saturated heterocycles. The summed E-state index contributed by atoms with van der Waals surface area (Å²) >= 11 is 5.79. The number of hydrogen-bond acceptors (Lipinski definition) is 3. The van der Waals surface area contributed by atoms with Crippen molar-refractivity contribution in [2.45, 2.75) is 20.3 Å². The summed E-state index contributed by atoms with van der Waals surface area (Å²) in [7, 11) is 0. The number of halogens is 1. The van der Waals surface area contributed by atoms with Gasteiger partial charge in [-0.1, -0.05) is 18.5 Å². The summed E-state index contributed by atoms with van der Waals surface area (Å²) in [5.41, 5.74) is 2.40. The van der Waals surface area contributed by atoms with Crippen molar-refractivity contribution in [3.63, 3.8) is 0 Å². The van der Waals surface area contributed by atoms with Crippen molar-refractivity contribution in [1.29, 1.82) is 0 Å². The lowest BCUT2D eigenvalue weighted by Gasteiger charge is -2.09. The van der Waals surface area contributed by atoms with Crippen LogP contribution in [0.3, 0.4) is 0 Å². The van der Waals surface area contributed by atoms with Gasteiger partial charge in [0.1, 0.15) is 11.0 Å². The van der Waals surface area contributed by atoms with Gasteiger partial charge in [0.2, 0.25) is 0 Å². The number of amides is 2. The first-order chi connectivity index (χ1) is 9.10. The molecule has 0 unspecified atom stereocenters. The number of urea groups is 1.